The highest BCUT2D eigenvalue weighted by molar-refractivity contribution is 9.10. The van der Waals surface area contributed by atoms with E-state index >= 15 is 0 Å². The lowest BCUT2D eigenvalue weighted by atomic mass is 9.99. The average Bonchev–Trinajstić information content (AvgIpc) is 2.30. The Morgan fingerprint density at radius 2 is 2.12 bits per heavy atom. The number of rotatable bonds is 3. The van der Waals surface area contributed by atoms with E-state index in [9.17, 15) is 0 Å². The topological polar surface area (TPSA) is 64.3 Å². The second kappa shape index (κ2) is 5.56. The van der Waals surface area contributed by atoms with Crippen LogP contribution in [0.1, 0.15) is 12.8 Å². The summed E-state index contributed by atoms with van der Waals surface area (Å²) in [6.45, 7) is 2.59. The van der Waals surface area contributed by atoms with E-state index in [1.165, 1.54) is 0 Å². The van der Waals surface area contributed by atoms with E-state index in [0.717, 1.165) is 30.5 Å². The van der Waals surface area contributed by atoms with Crippen molar-refractivity contribution in [3.8, 4) is 5.88 Å². The van der Waals surface area contributed by atoms with Gasteiger partial charge in [-0.25, -0.2) is 15.0 Å². The van der Waals surface area contributed by atoms with Crippen LogP contribution in [0.3, 0.4) is 0 Å². The number of aromatic nitrogens is 2. The van der Waals surface area contributed by atoms with Gasteiger partial charge in [0.2, 0.25) is 5.88 Å². The van der Waals surface area contributed by atoms with E-state index in [2.05, 4.69) is 25.9 Å². The minimum Gasteiger partial charge on any atom is -0.476 e. The molecule has 0 aromatic carbocycles. The molecule has 1 aliphatic rings. The first kappa shape index (κ1) is 11.8. The molecule has 2 rings (SSSR count). The normalized spacial score (nSPS) is 18.6. The molecule has 88 valence electrons. The molecular weight excluding hydrogens is 272 g/mol. The first-order chi connectivity index (χ1) is 7.74. The van der Waals surface area contributed by atoms with Crippen molar-refractivity contribution in [2.24, 2.45) is 11.8 Å². The van der Waals surface area contributed by atoms with E-state index in [4.69, 9.17) is 10.6 Å². The molecule has 1 aromatic heterocycles. The second-order valence-electron chi connectivity index (χ2n) is 3.97. The maximum absolute atomic E-state index is 5.69. The minimum absolute atomic E-state index is 0.574. The van der Waals surface area contributed by atoms with Crippen LogP contribution in [0.15, 0.2) is 17.0 Å². The van der Waals surface area contributed by atoms with Crippen molar-refractivity contribution in [1.29, 1.82) is 0 Å². The Bertz CT molecular complexity index is 324. The zero-order chi connectivity index (χ0) is 11.4. The van der Waals surface area contributed by atoms with Crippen molar-refractivity contribution in [2.75, 3.05) is 19.7 Å². The summed E-state index contributed by atoms with van der Waals surface area (Å²) in [6, 6.07) is 0. The molecule has 1 aliphatic heterocycles. The fourth-order valence-corrected chi connectivity index (χ4v) is 1.90. The van der Waals surface area contributed by atoms with Crippen molar-refractivity contribution < 1.29 is 4.74 Å². The molecular formula is C10H15BrN4O. The minimum atomic E-state index is 0.574. The SMILES string of the molecule is NN1CCC(COc2cnc(Br)cn2)CC1. The molecule has 2 heterocycles. The van der Waals surface area contributed by atoms with Crippen molar-refractivity contribution in [3.05, 3.63) is 17.0 Å². The van der Waals surface area contributed by atoms with Crippen LogP contribution in [0.4, 0.5) is 0 Å². The third-order valence-electron chi connectivity index (χ3n) is 2.71. The van der Waals surface area contributed by atoms with Gasteiger partial charge in [-0.15, -0.1) is 0 Å². The third-order valence-corrected chi connectivity index (χ3v) is 3.12. The van der Waals surface area contributed by atoms with Gasteiger partial charge in [-0.2, -0.15) is 0 Å². The monoisotopic (exact) mass is 286 g/mol. The molecule has 0 spiro atoms. The summed E-state index contributed by atoms with van der Waals surface area (Å²) < 4.78 is 6.30. The Balaban J connectivity index is 1.77. The van der Waals surface area contributed by atoms with Gasteiger partial charge in [0.25, 0.3) is 0 Å². The molecule has 0 radical (unpaired) electrons. The highest BCUT2D eigenvalue weighted by Gasteiger charge is 2.17. The first-order valence-electron chi connectivity index (χ1n) is 5.34. The largest absolute Gasteiger partial charge is 0.476 e. The van der Waals surface area contributed by atoms with Crippen LogP contribution >= 0.6 is 15.9 Å². The lowest BCUT2D eigenvalue weighted by Gasteiger charge is -2.28. The van der Waals surface area contributed by atoms with Gasteiger partial charge in [0.15, 0.2) is 0 Å². The Morgan fingerprint density at radius 3 is 2.75 bits per heavy atom. The standard InChI is InChI=1S/C10H15BrN4O/c11-9-5-14-10(6-13-9)16-7-8-1-3-15(12)4-2-8/h5-6,8H,1-4,7,12H2. The van der Waals surface area contributed by atoms with Crippen LogP contribution in [-0.2, 0) is 0 Å². The summed E-state index contributed by atoms with van der Waals surface area (Å²) in [5.41, 5.74) is 0. The maximum Gasteiger partial charge on any atom is 0.232 e. The second-order valence-corrected chi connectivity index (χ2v) is 4.78. The van der Waals surface area contributed by atoms with Gasteiger partial charge in [0.1, 0.15) is 4.60 Å². The van der Waals surface area contributed by atoms with Crippen LogP contribution in [0.5, 0.6) is 5.88 Å². The van der Waals surface area contributed by atoms with E-state index in [1.54, 1.807) is 12.4 Å². The summed E-state index contributed by atoms with van der Waals surface area (Å²) in [7, 11) is 0. The highest BCUT2D eigenvalue weighted by atomic mass is 79.9. The Labute approximate surface area is 103 Å². The Hall–Kier alpha value is -0.720. The van der Waals surface area contributed by atoms with E-state index < -0.39 is 0 Å². The van der Waals surface area contributed by atoms with Gasteiger partial charge >= 0.3 is 0 Å². The fraction of sp³-hybridized carbons (Fsp3) is 0.600. The Morgan fingerprint density at radius 1 is 1.38 bits per heavy atom. The van der Waals surface area contributed by atoms with Crippen molar-refractivity contribution in [1.82, 2.24) is 15.0 Å². The smallest absolute Gasteiger partial charge is 0.232 e. The molecule has 16 heavy (non-hydrogen) atoms. The van der Waals surface area contributed by atoms with Crippen molar-refractivity contribution >= 4 is 15.9 Å². The lowest BCUT2D eigenvalue weighted by Crippen LogP contribution is -2.40. The summed E-state index contributed by atoms with van der Waals surface area (Å²) in [4.78, 5) is 8.17. The predicted molar refractivity (Wildman–Crippen MR) is 63.7 cm³/mol. The Kier molecular flexibility index (Phi) is 4.09. The third kappa shape index (κ3) is 3.40. The molecule has 1 aromatic rings. The predicted octanol–water partition coefficient (Wildman–Crippen LogP) is 1.20. The molecule has 0 aliphatic carbocycles. The highest BCUT2D eigenvalue weighted by Crippen LogP contribution is 2.16. The molecule has 0 atom stereocenters. The molecule has 6 heteroatoms. The molecule has 0 amide bonds. The molecule has 0 bridgehead atoms. The average molecular weight is 287 g/mol. The van der Waals surface area contributed by atoms with Gasteiger partial charge < -0.3 is 4.74 Å². The van der Waals surface area contributed by atoms with Crippen molar-refractivity contribution in [3.63, 3.8) is 0 Å². The molecule has 1 saturated heterocycles. The van der Waals surface area contributed by atoms with Gasteiger partial charge in [-0.1, -0.05) is 0 Å². The molecule has 0 saturated carbocycles. The number of hydrogen-bond donors (Lipinski definition) is 1. The summed E-state index contributed by atoms with van der Waals surface area (Å²) in [5.74, 6) is 6.84. The van der Waals surface area contributed by atoms with Gasteiger partial charge in [0, 0.05) is 13.1 Å². The van der Waals surface area contributed by atoms with E-state index in [-0.39, 0.29) is 0 Å². The van der Waals surface area contributed by atoms with Crippen LogP contribution in [0.2, 0.25) is 0 Å². The zero-order valence-corrected chi connectivity index (χ0v) is 10.6. The fourth-order valence-electron chi connectivity index (χ4n) is 1.70. The van der Waals surface area contributed by atoms with Crippen LogP contribution in [0.25, 0.3) is 0 Å². The number of ether oxygens (including phenoxy) is 1. The summed E-state index contributed by atoms with van der Waals surface area (Å²) in [6.07, 6.45) is 5.43. The molecule has 5 nitrogen and oxygen atoms in total. The molecule has 1 fully saturated rings. The lowest BCUT2D eigenvalue weighted by molar-refractivity contribution is 0.140. The van der Waals surface area contributed by atoms with Gasteiger partial charge in [0.05, 0.1) is 19.0 Å². The van der Waals surface area contributed by atoms with Crippen LogP contribution in [-0.4, -0.2) is 34.7 Å². The molecule has 0 unspecified atom stereocenters. The van der Waals surface area contributed by atoms with Crippen molar-refractivity contribution in [2.45, 2.75) is 12.8 Å². The van der Waals surface area contributed by atoms with E-state index in [0.29, 0.717) is 18.4 Å². The summed E-state index contributed by atoms with van der Waals surface area (Å²) >= 11 is 3.23. The first-order valence-corrected chi connectivity index (χ1v) is 6.13. The number of halogens is 1. The maximum atomic E-state index is 5.69. The summed E-state index contributed by atoms with van der Waals surface area (Å²) in [5, 5.41) is 1.86. The number of nitrogens with zero attached hydrogens (tertiary/aromatic N) is 3. The number of hydrogen-bond acceptors (Lipinski definition) is 5. The van der Waals surface area contributed by atoms with Crippen LogP contribution < -0.4 is 10.6 Å². The van der Waals surface area contributed by atoms with Gasteiger partial charge in [-0.05, 0) is 34.7 Å². The number of hydrazine groups is 1. The molecule has 2 N–H and O–H groups in total. The number of nitrogens with two attached hydrogens (primary N) is 1. The number of piperidine rings is 1. The van der Waals surface area contributed by atoms with Gasteiger partial charge in [-0.3, -0.25) is 5.84 Å². The van der Waals surface area contributed by atoms with Crippen LogP contribution in [0, 0.1) is 5.92 Å². The quantitative estimate of drug-likeness (QED) is 0.846. The zero-order valence-electron chi connectivity index (χ0n) is 8.97. The van der Waals surface area contributed by atoms with E-state index in [1.807, 2.05) is 5.01 Å².